The van der Waals surface area contributed by atoms with Crippen LogP contribution in [0.5, 0.6) is 0 Å². The topological polar surface area (TPSA) is 113 Å². The van der Waals surface area contributed by atoms with E-state index in [2.05, 4.69) is 4.98 Å². The van der Waals surface area contributed by atoms with Crippen LogP contribution in [0.15, 0.2) is 40.2 Å². The predicted molar refractivity (Wildman–Crippen MR) is 87.7 cm³/mol. The highest BCUT2D eigenvalue weighted by Crippen LogP contribution is 2.32. The van der Waals surface area contributed by atoms with Gasteiger partial charge in [-0.25, -0.2) is 8.42 Å². The standard InChI is InChI=1S/C15H15N3O5S/c1-10-12(18(20)21)5-2-6-13(10)24(22,23)17-9-3-4-11-7-8-16-15(19)14(11)17/h2,5-8H,3-4,9H2,1H3,(H,16,19). The first-order chi connectivity index (χ1) is 11.3. The number of benzene rings is 1. The van der Waals surface area contributed by atoms with Gasteiger partial charge < -0.3 is 4.98 Å². The second kappa shape index (κ2) is 5.75. The first-order valence-electron chi connectivity index (χ1n) is 7.31. The molecule has 0 fully saturated rings. The number of hydrogen-bond donors (Lipinski definition) is 1. The van der Waals surface area contributed by atoms with Crippen LogP contribution >= 0.6 is 0 Å². The van der Waals surface area contributed by atoms with E-state index in [1.807, 2.05) is 0 Å². The van der Waals surface area contributed by atoms with Gasteiger partial charge in [0, 0.05) is 24.4 Å². The largest absolute Gasteiger partial charge is 0.327 e. The number of aromatic nitrogens is 1. The monoisotopic (exact) mass is 349 g/mol. The number of H-pyrrole nitrogens is 1. The molecule has 0 bridgehead atoms. The van der Waals surface area contributed by atoms with Crippen molar-refractivity contribution >= 4 is 21.4 Å². The first kappa shape index (κ1) is 16.2. The Kier molecular flexibility index (Phi) is 3.88. The van der Waals surface area contributed by atoms with Gasteiger partial charge in [-0.1, -0.05) is 6.07 Å². The van der Waals surface area contributed by atoms with Crippen molar-refractivity contribution < 1.29 is 13.3 Å². The Balaban J connectivity index is 2.20. The maximum Gasteiger partial charge on any atom is 0.273 e. The molecule has 0 atom stereocenters. The molecule has 0 saturated carbocycles. The van der Waals surface area contributed by atoms with Crippen LogP contribution in [0.4, 0.5) is 11.4 Å². The van der Waals surface area contributed by atoms with E-state index in [0.29, 0.717) is 18.4 Å². The van der Waals surface area contributed by atoms with E-state index in [4.69, 9.17) is 0 Å². The highest BCUT2D eigenvalue weighted by Gasteiger charge is 2.33. The van der Waals surface area contributed by atoms with Crippen LogP contribution in [-0.4, -0.2) is 24.9 Å². The molecule has 9 heteroatoms. The molecule has 0 radical (unpaired) electrons. The quantitative estimate of drug-likeness (QED) is 0.669. The number of nitrogens with one attached hydrogen (secondary N) is 1. The van der Waals surface area contributed by atoms with Gasteiger partial charge in [-0.3, -0.25) is 19.2 Å². The van der Waals surface area contributed by atoms with Crippen molar-refractivity contribution in [1.29, 1.82) is 0 Å². The van der Waals surface area contributed by atoms with E-state index in [0.717, 1.165) is 4.31 Å². The number of nitro groups is 1. The van der Waals surface area contributed by atoms with Crippen LogP contribution in [0.25, 0.3) is 0 Å². The summed E-state index contributed by atoms with van der Waals surface area (Å²) in [6.07, 6.45) is 2.67. The summed E-state index contributed by atoms with van der Waals surface area (Å²) >= 11 is 0. The zero-order chi connectivity index (χ0) is 17.5. The molecule has 0 spiro atoms. The van der Waals surface area contributed by atoms with Crippen LogP contribution in [0, 0.1) is 17.0 Å². The minimum Gasteiger partial charge on any atom is -0.327 e. The highest BCUT2D eigenvalue weighted by molar-refractivity contribution is 7.92. The van der Waals surface area contributed by atoms with Crippen molar-refractivity contribution in [3.8, 4) is 0 Å². The summed E-state index contributed by atoms with van der Waals surface area (Å²) in [5, 5.41) is 11.1. The molecule has 0 aliphatic carbocycles. The molecule has 2 aromatic rings. The van der Waals surface area contributed by atoms with Gasteiger partial charge in [-0.15, -0.1) is 0 Å². The van der Waals surface area contributed by atoms with Crippen molar-refractivity contribution in [3.05, 3.63) is 62.1 Å². The minimum absolute atomic E-state index is 0.0574. The minimum atomic E-state index is -4.08. The first-order valence-corrected chi connectivity index (χ1v) is 8.75. The molecule has 24 heavy (non-hydrogen) atoms. The Hall–Kier alpha value is -2.68. The molecule has 8 nitrogen and oxygen atoms in total. The molecule has 1 aromatic heterocycles. The number of fused-ring (bicyclic) bond motifs is 1. The van der Waals surface area contributed by atoms with E-state index < -0.39 is 20.5 Å². The van der Waals surface area contributed by atoms with Gasteiger partial charge >= 0.3 is 0 Å². The summed E-state index contributed by atoms with van der Waals surface area (Å²) in [6.45, 7) is 1.55. The molecule has 126 valence electrons. The third-order valence-corrected chi connectivity index (χ3v) is 6.04. The van der Waals surface area contributed by atoms with E-state index in [9.17, 15) is 23.3 Å². The lowest BCUT2D eigenvalue weighted by Crippen LogP contribution is -2.39. The number of nitrogens with zero attached hydrogens (tertiary/aromatic N) is 2. The lowest BCUT2D eigenvalue weighted by molar-refractivity contribution is -0.385. The maximum absolute atomic E-state index is 13.0. The predicted octanol–water partition coefficient (Wildman–Crippen LogP) is 1.73. The molecule has 3 rings (SSSR count). The molecular weight excluding hydrogens is 334 g/mol. The summed E-state index contributed by atoms with van der Waals surface area (Å²) in [5.74, 6) is 0. The Bertz CT molecular complexity index is 981. The fraction of sp³-hybridized carbons (Fsp3) is 0.267. The maximum atomic E-state index is 13.0. The lowest BCUT2D eigenvalue weighted by Gasteiger charge is -2.29. The van der Waals surface area contributed by atoms with Crippen molar-refractivity contribution in [1.82, 2.24) is 4.98 Å². The van der Waals surface area contributed by atoms with E-state index in [-0.39, 0.29) is 28.4 Å². The van der Waals surface area contributed by atoms with Crippen LogP contribution in [0.1, 0.15) is 17.5 Å². The number of hydrogen-bond acceptors (Lipinski definition) is 5. The number of aryl methyl sites for hydroxylation is 1. The zero-order valence-electron chi connectivity index (χ0n) is 12.9. The summed E-state index contributed by atoms with van der Waals surface area (Å²) in [5.41, 5.74) is 0.0439. The second-order valence-corrected chi connectivity index (χ2v) is 7.35. The van der Waals surface area contributed by atoms with Gasteiger partial charge in [0.2, 0.25) is 0 Å². The van der Waals surface area contributed by atoms with Crippen LogP contribution in [0.2, 0.25) is 0 Å². The summed E-state index contributed by atoms with van der Waals surface area (Å²) in [4.78, 5) is 24.9. The number of pyridine rings is 1. The van der Waals surface area contributed by atoms with Crippen molar-refractivity contribution in [2.45, 2.75) is 24.7 Å². The molecule has 1 N–H and O–H groups in total. The average molecular weight is 349 g/mol. The Labute approximate surface area is 137 Å². The fourth-order valence-corrected chi connectivity index (χ4v) is 4.74. The van der Waals surface area contributed by atoms with Gasteiger partial charge in [0.1, 0.15) is 5.69 Å². The van der Waals surface area contributed by atoms with Gasteiger partial charge in [0.05, 0.1) is 9.82 Å². The summed E-state index contributed by atoms with van der Waals surface area (Å²) in [7, 11) is -4.08. The SMILES string of the molecule is Cc1c([N+](=O)[O-])cccc1S(=O)(=O)N1CCCc2cc[nH]c(=O)c21. The number of rotatable bonds is 3. The lowest BCUT2D eigenvalue weighted by atomic mass is 10.1. The van der Waals surface area contributed by atoms with Crippen LogP contribution < -0.4 is 9.86 Å². The molecule has 1 aromatic carbocycles. The van der Waals surface area contributed by atoms with E-state index >= 15 is 0 Å². The molecule has 2 heterocycles. The third-order valence-electron chi connectivity index (χ3n) is 4.10. The Morgan fingerprint density at radius 3 is 2.75 bits per heavy atom. The van der Waals surface area contributed by atoms with E-state index in [1.54, 1.807) is 6.07 Å². The number of aromatic amines is 1. The van der Waals surface area contributed by atoms with Crippen LogP contribution in [0.3, 0.4) is 0 Å². The summed E-state index contributed by atoms with van der Waals surface area (Å²) in [6, 6.07) is 5.59. The third kappa shape index (κ3) is 2.46. The molecular formula is C15H15N3O5S. The smallest absolute Gasteiger partial charge is 0.273 e. The van der Waals surface area contributed by atoms with Gasteiger partial charge in [-0.05, 0) is 37.5 Å². The highest BCUT2D eigenvalue weighted by atomic mass is 32.2. The molecule has 0 unspecified atom stereocenters. The van der Waals surface area contributed by atoms with Crippen LogP contribution in [-0.2, 0) is 16.4 Å². The number of nitro benzene ring substituents is 1. The molecule has 1 aliphatic heterocycles. The number of sulfonamides is 1. The second-order valence-electron chi connectivity index (χ2n) is 5.52. The molecule has 0 saturated heterocycles. The van der Waals surface area contributed by atoms with Crippen molar-refractivity contribution in [2.75, 3.05) is 10.8 Å². The zero-order valence-corrected chi connectivity index (χ0v) is 13.7. The summed E-state index contributed by atoms with van der Waals surface area (Å²) < 4.78 is 27.1. The van der Waals surface area contributed by atoms with Crippen molar-refractivity contribution in [2.24, 2.45) is 0 Å². The average Bonchev–Trinajstić information content (AvgIpc) is 2.54. The van der Waals surface area contributed by atoms with E-state index in [1.165, 1.54) is 31.3 Å². The van der Waals surface area contributed by atoms with Gasteiger partial charge in [0.15, 0.2) is 0 Å². The number of anilines is 1. The van der Waals surface area contributed by atoms with Gasteiger partial charge in [-0.2, -0.15) is 0 Å². The Morgan fingerprint density at radius 2 is 2.04 bits per heavy atom. The van der Waals surface area contributed by atoms with Crippen molar-refractivity contribution in [3.63, 3.8) is 0 Å². The fourth-order valence-electron chi connectivity index (χ4n) is 2.95. The Morgan fingerprint density at radius 1 is 1.29 bits per heavy atom. The molecule has 1 aliphatic rings. The molecule has 0 amide bonds. The van der Waals surface area contributed by atoms with Gasteiger partial charge in [0.25, 0.3) is 21.3 Å². The normalized spacial score (nSPS) is 14.3.